The number of rotatable bonds is 4. The van der Waals surface area contributed by atoms with Crippen molar-refractivity contribution < 1.29 is 9.90 Å². The molecular formula is C17H23NO2. The van der Waals surface area contributed by atoms with Crippen LogP contribution in [0.25, 0.3) is 0 Å². The lowest BCUT2D eigenvalue weighted by molar-refractivity contribution is -0.124. The number of amides is 1. The van der Waals surface area contributed by atoms with E-state index >= 15 is 0 Å². The van der Waals surface area contributed by atoms with Gasteiger partial charge in [-0.2, -0.15) is 0 Å². The van der Waals surface area contributed by atoms with Crippen LogP contribution in [0.5, 0.6) is 0 Å². The number of nitrogens with one attached hydrogen (secondary N) is 1. The summed E-state index contributed by atoms with van der Waals surface area (Å²) >= 11 is 0. The monoisotopic (exact) mass is 273 g/mol. The third kappa shape index (κ3) is 2.47. The van der Waals surface area contributed by atoms with Gasteiger partial charge in [-0.05, 0) is 30.7 Å². The molecule has 0 aromatic heterocycles. The maximum Gasteiger partial charge on any atom is 0.223 e. The summed E-state index contributed by atoms with van der Waals surface area (Å²) in [6.45, 7) is 2.23. The van der Waals surface area contributed by atoms with Crippen molar-refractivity contribution in [2.24, 2.45) is 11.3 Å². The van der Waals surface area contributed by atoms with Crippen molar-refractivity contribution in [3.8, 4) is 0 Å². The summed E-state index contributed by atoms with van der Waals surface area (Å²) in [7, 11) is 0. The molecule has 0 radical (unpaired) electrons. The minimum atomic E-state index is -0.132. The van der Waals surface area contributed by atoms with E-state index in [1.807, 2.05) is 18.2 Å². The number of aliphatic hydroxyl groups excluding tert-OH is 1. The van der Waals surface area contributed by atoms with Gasteiger partial charge in [0.1, 0.15) is 0 Å². The van der Waals surface area contributed by atoms with Crippen LogP contribution in [0.4, 0.5) is 0 Å². The Kier molecular flexibility index (Phi) is 3.55. The van der Waals surface area contributed by atoms with E-state index in [4.69, 9.17) is 0 Å². The van der Waals surface area contributed by atoms with E-state index in [0.717, 1.165) is 25.7 Å². The largest absolute Gasteiger partial charge is 0.396 e. The van der Waals surface area contributed by atoms with Crippen molar-refractivity contribution >= 4 is 5.91 Å². The molecule has 108 valence electrons. The third-order valence-electron chi connectivity index (χ3n) is 5.11. The maximum atomic E-state index is 12.4. The Morgan fingerprint density at radius 3 is 2.85 bits per heavy atom. The summed E-state index contributed by atoms with van der Waals surface area (Å²) in [6.07, 6.45) is 4.04. The van der Waals surface area contributed by atoms with Crippen LogP contribution in [0.1, 0.15) is 44.1 Å². The highest BCUT2D eigenvalue weighted by atomic mass is 16.3. The second-order valence-corrected chi connectivity index (χ2v) is 6.62. The van der Waals surface area contributed by atoms with Gasteiger partial charge in [0, 0.05) is 17.4 Å². The molecule has 1 aromatic rings. The van der Waals surface area contributed by atoms with E-state index in [1.165, 1.54) is 5.56 Å². The first kappa shape index (κ1) is 13.6. The second-order valence-electron chi connectivity index (χ2n) is 6.62. The average Bonchev–Trinajstić information content (AvgIpc) is 3.20. The molecule has 3 rings (SSSR count). The molecule has 0 aliphatic heterocycles. The molecule has 3 heteroatoms. The van der Waals surface area contributed by atoms with Crippen molar-refractivity contribution in [3.05, 3.63) is 35.9 Å². The molecule has 1 aromatic carbocycles. The van der Waals surface area contributed by atoms with Gasteiger partial charge in [0.25, 0.3) is 0 Å². The van der Waals surface area contributed by atoms with E-state index in [9.17, 15) is 9.90 Å². The van der Waals surface area contributed by atoms with Crippen LogP contribution in [0.2, 0.25) is 0 Å². The summed E-state index contributed by atoms with van der Waals surface area (Å²) in [5.41, 5.74) is 1.14. The topological polar surface area (TPSA) is 49.3 Å². The Morgan fingerprint density at radius 2 is 2.15 bits per heavy atom. The quantitative estimate of drug-likeness (QED) is 0.885. The fraction of sp³-hybridized carbons (Fsp3) is 0.588. The molecule has 2 aliphatic carbocycles. The van der Waals surface area contributed by atoms with Gasteiger partial charge < -0.3 is 10.4 Å². The highest BCUT2D eigenvalue weighted by Crippen LogP contribution is 2.48. The smallest absolute Gasteiger partial charge is 0.223 e. The molecular weight excluding hydrogens is 250 g/mol. The summed E-state index contributed by atoms with van der Waals surface area (Å²) in [5, 5.41) is 12.7. The van der Waals surface area contributed by atoms with Crippen molar-refractivity contribution in [3.63, 3.8) is 0 Å². The Hall–Kier alpha value is -1.35. The first-order chi connectivity index (χ1) is 9.64. The zero-order valence-electron chi connectivity index (χ0n) is 12.0. The van der Waals surface area contributed by atoms with Crippen molar-refractivity contribution in [1.29, 1.82) is 0 Å². The number of benzene rings is 1. The Morgan fingerprint density at radius 1 is 1.40 bits per heavy atom. The van der Waals surface area contributed by atoms with Gasteiger partial charge in [0.05, 0.1) is 6.61 Å². The van der Waals surface area contributed by atoms with E-state index in [0.29, 0.717) is 5.92 Å². The van der Waals surface area contributed by atoms with Crippen molar-refractivity contribution in [1.82, 2.24) is 5.32 Å². The first-order valence-electron chi connectivity index (χ1n) is 7.60. The maximum absolute atomic E-state index is 12.4. The molecule has 2 saturated carbocycles. The molecule has 3 nitrogen and oxygen atoms in total. The minimum absolute atomic E-state index is 0.126. The zero-order chi connectivity index (χ0) is 14.2. The van der Waals surface area contributed by atoms with Crippen LogP contribution in [0, 0.1) is 11.3 Å². The summed E-state index contributed by atoms with van der Waals surface area (Å²) in [6, 6.07) is 10.4. The number of carbonyl (C=O) groups excluding carboxylic acids is 1. The van der Waals surface area contributed by atoms with Gasteiger partial charge >= 0.3 is 0 Å². The third-order valence-corrected chi connectivity index (χ3v) is 5.11. The number of carbonyl (C=O) groups is 1. The number of aliphatic hydroxyl groups is 1. The lowest BCUT2D eigenvalue weighted by Gasteiger charge is -2.30. The van der Waals surface area contributed by atoms with Gasteiger partial charge in [0.15, 0.2) is 0 Å². The van der Waals surface area contributed by atoms with Crippen LogP contribution in [-0.2, 0) is 4.79 Å². The van der Waals surface area contributed by atoms with Crippen LogP contribution in [0.15, 0.2) is 30.3 Å². The molecule has 4 unspecified atom stereocenters. The molecule has 20 heavy (non-hydrogen) atoms. The number of hydrogen-bond acceptors (Lipinski definition) is 2. The van der Waals surface area contributed by atoms with E-state index < -0.39 is 0 Å². The molecule has 2 aliphatic rings. The van der Waals surface area contributed by atoms with Gasteiger partial charge in [0.2, 0.25) is 5.91 Å². The van der Waals surface area contributed by atoms with E-state index in [2.05, 4.69) is 24.4 Å². The van der Waals surface area contributed by atoms with Gasteiger partial charge in [-0.1, -0.05) is 43.7 Å². The van der Waals surface area contributed by atoms with Crippen LogP contribution in [-0.4, -0.2) is 23.7 Å². The minimum Gasteiger partial charge on any atom is -0.396 e. The van der Waals surface area contributed by atoms with Crippen LogP contribution < -0.4 is 5.32 Å². The Bertz CT molecular complexity index is 487. The molecule has 1 amide bonds. The molecule has 2 fully saturated rings. The fourth-order valence-electron chi connectivity index (χ4n) is 3.50. The lowest BCUT2D eigenvalue weighted by Crippen LogP contribution is -2.45. The molecule has 0 heterocycles. The highest BCUT2D eigenvalue weighted by Gasteiger charge is 2.46. The molecule has 2 N–H and O–H groups in total. The predicted molar refractivity (Wildman–Crippen MR) is 78.3 cm³/mol. The zero-order valence-corrected chi connectivity index (χ0v) is 12.0. The standard InChI is InChI=1S/C17H23NO2/c1-17(11-19)9-5-8-15(17)18-16(20)14-10-13(14)12-6-3-2-4-7-12/h2-4,6-7,13-15,19H,5,8-11H2,1H3,(H,18,20). The Balaban J connectivity index is 1.59. The van der Waals surface area contributed by atoms with Crippen LogP contribution in [0.3, 0.4) is 0 Å². The summed E-state index contributed by atoms with van der Waals surface area (Å²) < 4.78 is 0. The van der Waals surface area contributed by atoms with E-state index in [-0.39, 0.29) is 29.9 Å². The molecule has 0 saturated heterocycles. The fourth-order valence-corrected chi connectivity index (χ4v) is 3.50. The van der Waals surface area contributed by atoms with Crippen molar-refractivity contribution in [2.45, 2.75) is 44.6 Å². The Labute approximate surface area is 120 Å². The number of hydrogen-bond donors (Lipinski definition) is 2. The molecule has 0 bridgehead atoms. The second kappa shape index (κ2) is 5.21. The van der Waals surface area contributed by atoms with Gasteiger partial charge in [-0.3, -0.25) is 4.79 Å². The average molecular weight is 273 g/mol. The van der Waals surface area contributed by atoms with Gasteiger partial charge in [-0.15, -0.1) is 0 Å². The SMILES string of the molecule is CC1(CO)CCCC1NC(=O)C1CC1c1ccccc1. The summed E-state index contributed by atoms with van der Waals surface area (Å²) in [5.74, 6) is 0.685. The lowest BCUT2D eigenvalue weighted by atomic mass is 9.85. The summed E-state index contributed by atoms with van der Waals surface area (Å²) in [4.78, 5) is 12.4. The normalized spacial score (nSPS) is 35.8. The van der Waals surface area contributed by atoms with Gasteiger partial charge in [-0.25, -0.2) is 0 Å². The van der Waals surface area contributed by atoms with Crippen molar-refractivity contribution in [2.75, 3.05) is 6.61 Å². The highest BCUT2D eigenvalue weighted by molar-refractivity contribution is 5.83. The molecule has 4 atom stereocenters. The first-order valence-corrected chi connectivity index (χ1v) is 7.60. The van der Waals surface area contributed by atoms with Crippen LogP contribution >= 0.6 is 0 Å². The van der Waals surface area contributed by atoms with E-state index in [1.54, 1.807) is 0 Å². The molecule has 0 spiro atoms. The predicted octanol–water partition coefficient (Wildman–Crippen LogP) is 2.46.